The number of nitrogens with two attached hydrogens (primary N) is 1. The van der Waals surface area contributed by atoms with E-state index in [2.05, 4.69) is 30.8 Å². The predicted octanol–water partition coefficient (Wildman–Crippen LogP) is 4.91. The summed E-state index contributed by atoms with van der Waals surface area (Å²) in [6, 6.07) is -1.92. The number of anilines is 2. The number of nitrogens with zero attached hydrogens (tertiary/aromatic N) is 5. The lowest BCUT2D eigenvalue weighted by Gasteiger charge is -2.49. The summed E-state index contributed by atoms with van der Waals surface area (Å²) in [6.45, 7) is 4.42. The molecular formula is C41H69F2N9O3. The molecule has 5 fully saturated rings. The number of halogens is 2. The number of nitrogens with one attached hydrogen (secondary N) is 3. The monoisotopic (exact) mass is 774 g/mol. The quantitative estimate of drug-likeness (QED) is 0.319. The molecule has 0 aromatic carbocycles. The van der Waals surface area contributed by atoms with Crippen LogP contribution < -0.4 is 21.7 Å². The third-order valence-corrected chi connectivity index (χ3v) is 13.9. The number of ether oxygens (including phenoxy) is 1. The number of nitrogen functional groups attached to an aromatic ring is 1. The van der Waals surface area contributed by atoms with E-state index in [1.54, 1.807) is 4.68 Å². The van der Waals surface area contributed by atoms with E-state index in [-0.39, 0.29) is 41.7 Å². The molecule has 7 rings (SSSR count). The average molecular weight is 774 g/mol. The number of fused-ring (bicyclic) bond motifs is 1. The van der Waals surface area contributed by atoms with Gasteiger partial charge in [0.15, 0.2) is 5.82 Å². The number of morpholine rings is 1. The molecule has 6 aliphatic rings. The SMILES string of the molecule is CN1CCOC(C(=O)N2CCN(C3C(NC(=O)c4c(N)nn5c4NCC(F)C5C4CCCCCCCCC4)CNC(C4CCCCCCCC4)C3F)CC2)C1. The summed E-state index contributed by atoms with van der Waals surface area (Å²) in [5.74, 6) is 0.469. The number of rotatable bonds is 6. The van der Waals surface area contributed by atoms with Crippen LogP contribution in [-0.4, -0.2) is 139 Å². The number of amides is 2. The molecule has 7 unspecified atom stereocenters. The van der Waals surface area contributed by atoms with Gasteiger partial charge in [-0.2, -0.15) is 5.10 Å². The highest BCUT2D eigenvalue weighted by Gasteiger charge is 2.48. The summed E-state index contributed by atoms with van der Waals surface area (Å²) in [5, 5.41) is 14.6. The molecule has 310 valence electrons. The van der Waals surface area contributed by atoms with Crippen molar-refractivity contribution < 1.29 is 23.1 Å². The zero-order valence-electron chi connectivity index (χ0n) is 33.4. The van der Waals surface area contributed by atoms with Gasteiger partial charge < -0.3 is 36.2 Å². The summed E-state index contributed by atoms with van der Waals surface area (Å²) < 4.78 is 40.7. The number of hydrogen-bond donors (Lipinski definition) is 4. The number of piperidine rings is 1. The smallest absolute Gasteiger partial charge is 0.259 e. The van der Waals surface area contributed by atoms with Crippen LogP contribution in [0.2, 0.25) is 0 Å². The van der Waals surface area contributed by atoms with Crippen LogP contribution >= 0.6 is 0 Å². The van der Waals surface area contributed by atoms with Crippen LogP contribution in [0.5, 0.6) is 0 Å². The average Bonchev–Trinajstić information content (AvgIpc) is 3.59. The molecule has 1 aromatic rings. The van der Waals surface area contributed by atoms with E-state index >= 15 is 8.78 Å². The van der Waals surface area contributed by atoms with Gasteiger partial charge in [-0.25, -0.2) is 13.5 Å². The van der Waals surface area contributed by atoms with Crippen LogP contribution in [0.25, 0.3) is 0 Å². The van der Waals surface area contributed by atoms with E-state index in [1.165, 1.54) is 44.9 Å². The number of hydrogen-bond acceptors (Lipinski definition) is 9. The first-order chi connectivity index (χ1) is 26.8. The van der Waals surface area contributed by atoms with E-state index in [9.17, 15) is 9.59 Å². The van der Waals surface area contributed by atoms with E-state index in [1.807, 2.05) is 11.9 Å². The highest BCUT2D eigenvalue weighted by Crippen LogP contribution is 2.41. The van der Waals surface area contributed by atoms with Gasteiger partial charge in [0.25, 0.3) is 11.8 Å². The molecule has 3 saturated heterocycles. The Bertz CT molecular complexity index is 1390. The van der Waals surface area contributed by atoms with E-state index < -0.39 is 42.5 Å². The lowest BCUT2D eigenvalue weighted by Crippen LogP contribution is -2.71. The van der Waals surface area contributed by atoms with Gasteiger partial charge in [-0.15, -0.1) is 0 Å². The Morgan fingerprint density at radius 2 is 1.40 bits per heavy atom. The van der Waals surface area contributed by atoms with Crippen LogP contribution in [0.4, 0.5) is 20.4 Å². The van der Waals surface area contributed by atoms with Gasteiger partial charge in [-0.05, 0) is 44.6 Å². The maximum atomic E-state index is 17.4. The minimum atomic E-state index is -1.22. The summed E-state index contributed by atoms with van der Waals surface area (Å²) in [7, 11) is 2.00. The summed E-state index contributed by atoms with van der Waals surface area (Å²) in [4.78, 5) is 34.0. The lowest BCUT2D eigenvalue weighted by atomic mass is 9.80. The molecule has 5 heterocycles. The van der Waals surface area contributed by atoms with Gasteiger partial charge in [-0.3, -0.25) is 14.5 Å². The van der Waals surface area contributed by atoms with Gasteiger partial charge >= 0.3 is 0 Å². The van der Waals surface area contributed by atoms with Crippen molar-refractivity contribution in [3.63, 3.8) is 0 Å². The zero-order chi connectivity index (χ0) is 38.3. The number of alkyl halides is 2. The Balaban J connectivity index is 1.09. The molecule has 14 heteroatoms. The summed E-state index contributed by atoms with van der Waals surface area (Å²) in [6.07, 6.45) is 16.3. The largest absolute Gasteiger partial charge is 0.381 e. The molecule has 1 aromatic heterocycles. The van der Waals surface area contributed by atoms with Crippen LogP contribution in [0.1, 0.15) is 126 Å². The van der Waals surface area contributed by atoms with Crippen molar-refractivity contribution in [3.8, 4) is 0 Å². The molecule has 2 aliphatic carbocycles. The molecule has 7 atom stereocenters. The molecule has 0 radical (unpaired) electrons. The molecule has 55 heavy (non-hydrogen) atoms. The fourth-order valence-corrected chi connectivity index (χ4v) is 10.8. The molecular weight excluding hydrogens is 705 g/mol. The maximum absolute atomic E-state index is 17.4. The van der Waals surface area contributed by atoms with Gasteiger partial charge in [0.1, 0.15) is 29.8 Å². The van der Waals surface area contributed by atoms with Gasteiger partial charge in [0.05, 0.1) is 24.7 Å². The first kappa shape index (κ1) is 40.6. The third-order valence-electron chi connectivity index (χ3n) is 13.9. The van der Waals surface area contributed by atoms with Crippen molar-refractivity contribution in [2.45, 2.75) is 152 Å². The van der Waals surface area contributed by atoms with Crippen molar-refractivity contribution in [1.29, 1.82) is 0 Å². The number of carbonyl (C=O) groups excluding carboxylic acids is 2. The highest BCUT2D eigenvalue weighted by atomic mass is 19.1. The normalized spacial score (nSPS) is 33.4. The Hall–Kier alpha value is -2.55. The number of piperazine rings is 1. The summed E-state index contributed by atoms with van der Waals surface area (Å²) >= 11 is 0. The molecule has 2 amide bonds. The van der Waals surface area contributed by atoms with Crippen LogP contribution in [0.15, 0.2) is 0 Å². The fraction of sp³-hybridized carbons (Fsp3) is 0.878. The second-order valence-corrected chi connectivity index (χ2v) is 17.6. The first-order valence-electron chi connectivity index (χ1n) is 22.1. The van der Waals surface area contributed by atoms with E-state index in [0.29, 0.717) is 51.7 Å². The zero-order valence-corrected chi connectivity index (χ0v) is 33.4. The number of likely N-dealkylation sites (N-methyl/N-ethyl adjacent to an activating group) is 1. The molecule has 12 nitrogen and oxygen atoms in total. The van der Waals surface area contributed by atoms with Crippen molar-refractivity contribution in [2.24, 2.45) is 11.8 Å². The molecule has 0 bridgehead atoms. The number of carbonyl (C=O) groups is 2. The Morgan fingerprint density at radius 1 is 0.800 bits per heavy atom. The minimum Gasteiger partial charge on any atom is -0.381 e. The van der Waals surface area contributed by atoms with E-state index in [0.717, 1.165) is 70.8 Å². The first-order valence-corrected chi connectivity index (χ1v) is 22.1. The Morgan fingerprint density at radius 3 is 2.02 bits per heavy atom. The number of aromatic nitrogens is 2. The van der Waals surface area contributed by atoms with Crippen molar-refractivity contribution in [3.05, 3.63) is 5.56 Å². The second-order valence-electron chi connectivity index (χ2n) is 17.6. The third kappa shape index (κ3) is 9.60. The van der Waals surface area contributed by atoms with Gasteiger partial charge in [0.2, 0.25) is 0 Å². The molecule has 4 aliphatic heterocycles. The fourth-order valence-electron chi connectivity index (χ4n) is 10.8. The predicted molar refractivity (Wildman–Crippen MR) is 212 cm³/mol. The maximum Gasteiger partial charge on any atom is 0.259 e. The van der Waals surface area contributed by atoms with Crippen molar-refractivity contribution >= 4 is 23.5 Å². The van der Waals surface area contributed by atoms with E-state index in [4.69, 9.17) is 10.5 Å². The minimum absolute atomic E-state index is 0.00476. The van der Waals surface area contributed by atoms with Gasteiger partial charge in [0, 0.05) is 58.4 Å². The summed E-state index contributed by atoms with van der Waals surface area (Å²) in [5.41, 5.74) is 6.76. The molecule has 0 spiro atoms. The molecule has 2 saturated carbocycles. The second kappa shape index (κ2) is 19.3. The van der Waals surface area contributed by atoms with Crippen LogP contribution in [-0.2, 0) is 9.53 Å². The molecule has 5 N–H and O–H groups in total. The Kier molecular flexibility index (Phi) is 14.2. The van der Waals surface area contributed by atoms with Crippen molar-refractivity contribution in [2.75, 3.05) is 77.1 Å². The lowest BCUT2D eigenvalue weighted by molar-refractivity contribution is -0.151. The highest BCUT2D eigenvalue weighted by molar-refractivity contribution is 6.03. The van der Waals surface area contributed by atoms with Crippen LogP contribution in [0, 0.1) is 11.8 Å². The Labute approximate surface area is 327 Å². The topological polar surface area (TPSA) is 133 Å². The van der Waals surface area contributed by atoms with Crippen molar-refractivity contribution in [1.82, 2.24) is 35.1 Å². The van der Waals surface area contributed by atoms with Gasteiger partial charge in [-0.1, -0.05) is 83.5 Å². The van der Waals surface area contributed by atoms with Crippen LogP contribution in [0.3, 0.4) is 0 Å². The standard InChI is InChI=1S/C41H69F2N9O3/c1-49-23-24-55-32(27-49)41(54)51-21-19-50(20-22-51)37-31(26-45-35(34(37)43)28-15-11-7-5-6-8-12-16-28)47-40(53)33-38(44)48-52-36(30(42)25-46-39(33)52)29-17-13-9-3-2-4-10-14-18-29/h28-32,34-37,45-46H,2-27H2,1H3,(H2,44,48)(H,47,53).